The Bertz CT molecular complexity index is 405. The van der Waals surface area contributed by atoms with Crippen LogP contribution in [0.4, 0.5) is 0 Å². The number of fused-ring (bicyclic) bond motifs is 2. The molecule has 25 heavy (non-hydrogen) atoms. The van der Waals surface area contributed by atoms with Crippen LogP contribution in [0.5, 0.6) is 0 Å². The summed E-state index contributed by atoms with van der Waals surface area (Å²) >= 11 is 0. The lowest BCUT2D eigenvalue weighted by molar-refractivity contribution is -0.137. The Balaban J connectivity index is 0.00000156. The average Bonchev–Trinajstić information content (AvgIpc) is 3.00. The van der Waals surface area contributed by atoms with Gasteiger partial charge in [-0.3, -0.25) is 4.79 Å². The first-order valence-electron chi connectivity index (χ1n) is 9.89. The Morgan fingerprint density at radius 2 is 1.68 bits per heavy atom. The SMILES string of the molecule is CCN(CC)CC1CCN(C(=O)C2CC3CCCC(C2)C3N)C1.Cl.Cl. The molecule has 2 N–H and O–H groups in total. The van der Waals surface area contributed by atoms with E-state index >= 15 is 0 Å². The second-order valence-corrected chi connectivity index (χ2v) is 8.12. The van der Waals surface area contributed by atoms with Gasteiger partial charge in [-0.05, 0) is 62.9 Å². The summed E-state index contributed by atoms with van der Waals surface area (Å²) < 4.78 is 0. The molecule has 3 rings (SSSR count). The molecule has 6 heteroatoms. The molecule has 0 aromatic heterocycles. The van der Waals surface area contributed by atoms with E-state index in [0.717, 1.165) is 45.6 Å². The zero-order valence-corrected chi connectivity index (χ0v) is 17.5. The van der Waals surface area contributed by atoms with Gasteiger partial charge in [0.2, 0.25) is 5.91 Å². The first-order chi connectivity index (χ1) is 11.1. The van der Waals surface area contributed by atoms with Crippen molar-refractivity contribution in [1.82, 2.24) is 9.80 Å². The van der Waals surface area contributed by atoms with Crippen molar-refractivity contribution in [1.29, 1.82) is 0 Å². The van der Waals surface area contributed by atoms with Gasteiger partial charge in [0.25, 0.3) is 0 Å². The highest BCUT2D eigenvalue weighted by atomic mass is 35.5. The van der Waals surface area contributed by atoms with E-state index in [0.29, 0.717) is 29.7 Å². The number of halogens is 2. The lowest BCUT2D eigenvalue weighted by Crippen LogP contribution is -2.49. The Kier molecular flexibility index (Phi) is 9.52. The largest absolute Gasteiger partial charge is 0.342 e. The second-order valence-electron chi connectivity index (χ2n) is 8.12. The van der Waals surface area contributed by atoms with E-state index in [1.165, 1.54) is 25.7 Å². The van der Waals surface area contributed by atoms with Gasteiger partial charge in [0, 0.05) is 31.6 Å². The van der Waals surface area contributed by atoms with Gasteiger partial charge < -0.3 is 15.5 Å². The molecule has 0 aromatic rings. The molecule has 1 heterocycles. The van der Waals surface area contributed by atoms with E-state index in [4.69, 9.17) is 5.73 Å². The third kappa shape index (κ3) is 5.24. The minimum absolute atomic E-state index is 0. The summed E-state index contributed by atoms with van der Waals surface area (Å²) in [5.74, 6) is 2.58. The van der Waals surface area contributed by atoms with E-state index in [9.17, 15) is 4.79 Å². The van der Waals surface area contributed by atoms with Gasteiger partial charge in [0.05, 0.1) is 0 Å². The van der Waals surface area contributed by atoms with Crippen LogP contribution in [0.2, 0.25) is 0 Å². The third-order valence-electron chi connectivity index (χ3n) is 6.77. The van der Waals surface area contributed by atoms with Crippen LogP contribution >= 0.6 is 24.8 Å². The van der Waals surface area contributed by atoms with Gasteiger partial charge in [0.1, 0.15) is 0 Å². The number of hydrogen-bond acceptors (Lipinski definition) is 3. The molecule has 2 bridgehead atoms. The van der Waals surface area contributed by atoms with Crippen molar-refractivity contribution in [3.63, 3.8) is 0 Å². The smallest absolute Gasteiger partial charge is 0.225 e. The van der Waals surface area contributed by atoms with Crippen LogP contribution in [-0.4, -0.2) is 54.5 Å². The number of rotatable bonds is 5. The van der Waals surface area contributed by atoms with E-state index in [-0.39, 0.29) is 30.7 Å². The first kappa shape index (κ1) is 23.0. The molecule has 1 saturated heterocycles. The van der Waals surface area contributed by atoms with Gasteiger partial charge in [0.15, 0.2) is 0 Å². The minimum Gasteiger partial charge on any atom is -0.342 e. The number of nitrogens with zero attached hydrogens (tertiary/aromatic N) is 2. The van der Waals surface area contributed by atoms with E-state index in [2.05, 4.69) is 23.6 Å². The van der Waals surface area contributed by atoms with Gasteiger partial charge in [-0.15, -0.1) is 24.8 Å². The van der Waals surface area contributed by atoms with Crippen LogP contribution in [0.1, 0.15) is 52.4 Å². The molecule has 2 saturated carbocycles. The molecular weight excluding hydrogens is 357 g/mol. The highest BCUT2D eigenvalue weighted by Crippen LogP contribution is 2.42. The molecular formula is C19H37Cl2N3O. The number of hydrogen-bond donors (Lipinski definition) is 1. The molecule has 2 aliphatic carbocycles. The van der Waals surface area contributed by atoms with Crippen molar-refractivity contribution in [2.75, 3.05) is 32.7 Å². The van der Waals surface area contributed by atoms with Crippen molar-refractivity contribution in [3.8, 4) is 0 Å². The zero-order chi connectivity index (χ0) is 16.4. The number of nitrogens with two attached hydrogens (primary N) is 1. The number of likely N-dealkylation sites (tertiary alicyclic amines) is 1. The summed E-state index contributed by atoms with van der Waals surface area (Å²) in [6.45, 7) is 9.79. The Hall–Kier alpha value is -0.0300. The molecule has 4 nitrogen and oxygen atoms in total. The summed E-state index contributed by atoms with van der Waals surface area (Å²) in [6.07, 6.45) is 7.08. The Morgan fingerprint density at radius 1 is 1.08 bits per heavy atom. The van der Waals surface area contributed by atoms with Crippen LogP contribution in [0, 0.1) is 23.7 Å². The highest BCUT2D eigenvalue weighted by molar-refractivity contribution is 5.85. The molecule has 3 unspecified atom stereocenters. The first-order valence-corrected chi connectivity index (χ1v) is 9.89. The molecule has 0 aromatic carbocycles. The van der Waals surface area contributed by atoms with Crippen LogP contribution in [-0.2, 0) is 4.79 Å². The van der Waals surface area contributed by atoms with Crippen molar-refractivity contribution in [2.45, 2.75) is 58.4 Å². The molecule has 0 spiro atoms. The van der Waals surface area contributed by atoms with Crippen LogP contribution in [0.3, 0.4) is 0 Å². The summed E-state index contributed by atoms with van der Waals surface area (Å²) in [5.41, 5.74) is 6.38. The maximum absolute atomic E-state index is 13.0. The van der Waals surface area contributed by atoms with Crippen molar-refractivity contribution < 1.29 is 4.79 Å². The maximum Gasteiger partial charge on any atom is 0.225 e. The van der Waals surface area contributed by atoms with Crippen molar-refractivity contribution >= 4 is 30.7 Å². The zero-order valence-electron chi connectivity index (χ0n) is 15.9. The fourth-order valence-electron chi connectivity index (χ4n) is 5.28. The maximum atomic E-state index is 13.0. The molecule has 3 fully saturated rings. The second kappa shape index (κ2) is 10.3. The Morgan fingerprint density at radius 3 is 2.24 bits per heavy atom. The Labute approximate surface area is 166 Å². The van der Waals surface area contributed by atoms with Gasteiger partial charge in [-0.1, -0.05) is 20.3 Å². The van der Waals surface area contributed by atoms with Crippen molar-refractivity contribution in [3.05, 3.63) is 0 Å². The fourth-order valence-corrected chi connectivity index (χ4v) is 5.28. The van der Waals surface area contributed by atoms with E-state index < -0.39 is 0 Å². The predicted molar refractivity (Wildman–Crippen MR) is 109 cm³/mol. The topological polar surface area (TPSA) is 49.6 Å². The monoisotopic (exact) mass is 393 g/mol. The summed E-state index contributed by atoms with van der Waals surface area (Å²) in [4.78, 5) is 17.6. The molecule has 0 radical (unpaired) electrons. The highest BCUT2D eigenvalue weighted by Gasteiger charge is 2.42. The normalized spacial score (nSPS) is 34.4. The quantitative estimate of drug-likeness (QED) is 0.779. The summed E-state index contributed by atoms with van der Waals surface area (Å²) in [5, 5.41) is 0. The number of carbonyl (C=O) groups excluding carboxylic acids is 1. The average molecular weight is 394 g/mol. The molecule has 1 amide bonds. The molecule has 3 aliphatic rings. The van der Waals surface area contributed by atoms with Gasteiger partial charge in [-0.2, -0.15) is 0 Å². The van der Waals surface area contributed by atoms with Gasteiger partial charge >= 0.3 is 0 Å². The summed E-state index contributed by atoms with van der Waals surface area (Å²) in [6, 6.07) is 0.363. The molecule has 1 aliphatic heterocycles. The number of carbonyl (C=O) groups is 1. The van der Waals surface area contributed by atoms with Crippen molar-refractivity contribution in [2.24, 2.45) is 29.4 Å². The fraction of sp³-hybridized carbons (Fsp3) is 0.947. The summed E-state index contributed by atoms with van der Waals surface area (Å²) in [7, 11) is 0. The van der Waals surface area contributed by atoms with Crippen LogP contribution < -0.4 is 5.73 Å². The van der Waals surface area contributed by atoms with Crippen LogP contribution in [0.15, 0.2) is 0 Å². The third-order valence-corrected chi connectivity index (χ3v) is 6.77. The molecule has 3 atom stereocenters. The standard InChI is InChI=1S/C19H35N3O.2ClH/c1-3-21(4-2)12-14-8-9-22(13-14)19(23)17-10-15-6-5-7-16(11-17)18(15)20;;/h14-18H,3-13,20H2,1-2H3;2*1H. The van der Waals surface area contributed by atoms with E-state index in [1.54, 1.807) is 0 Å². The predicted octanol–water partition coefficient (Wildman–Crippen LogP) is 3.17. The van der Waals surface area contributed by atoms with Crippen LogP contribution in [0.25, 0.3) is 0 Å². The van der Waals surface area contributed by atoms with E-state index in [1.807, 2.05) is 0 Å². The molecule has 148 valence electrons. The number of amides is 1. The van der Waals surface area contributed by atoms with Gasteiger partial charge in [-0.25, -0.2) is 0 Å². The lowest BCUT2D eigenvalue weighted by Gasteiger charge is -2.44. The minimum atomic E-state index is 0. The lowest BCUT2D eigenvalue weighted by atomic mass is 9.65.